The van der Waals surface area contributed by atoms with Crippen molar-refractivity contribution < 1.29 is 9.47 Å². The first-order chi connectivity index (χ1) is 19.4. The van der Waals surface area contributed by atoms with Crippen LogP contribution in [0.15, 0.2) is 0 Å². The number of unbranched alkanes of at least 4 members (excludes halogenated alkanes) is 29. The van der Waals surface area contributed by atoms with Crippen LogP contribution in [0.25, 0.3) is 0 Å². The fourth-order valence-corrected chi connectivity index (χ4v) is 5.65. The lowest BCUT2D eigenvalue weighted by molar-refractivity contribution is 0.0448. The highest BCUT2D eigenvalue weighted by molar-refractivity contribution is 4.51. The smallest absolute Gasteiger partial charge is 0.0700 e. The third kappa shape index (κ3) is 37.9. The van der Waals surface area contributed by atoms with Gasteiger partial charge in [-0.05, 0) is 12.8 Å². The van der Waals surface area contributed by atoms with Crippen molar-refractivity contribution >= 4 is 0 Å². The molecule has 0 aliphatic heterocycles. The van der Waals surface area contributed by atoms with E-state index in [2.05, 4.69) is 13.8 Å². The maximum Gasteiger partial charge on any atom is 0.0700 e. The SMILES string of the molecule is CCCCCCCCCCCCCCCCCCCCCCCOCCOCCCCCCCCCCCC. The first-order valence-corrected chi connectivity index (χ1v) is 18.6. The Bertz CT molecular complexity index is 361. The predicted molar refractivity (Wildman–Crippen MR) is 176 cm³/mol. The third-order valence-corrected chi connectivity index (χ3v) is 8.41. The van der Waals surface area contributed by atoms with Crippen LogP contribution in [-0.2, 0) is 9.47 Å². The quantitative estimate of drug-likeness (QED) is 0.0719. The minimum atomic E-state index is 0.774. The highest BCUT2D eigenvalue weighted by Crippen LogP contribution is 2.15. The summed E-state index contributed by atoms with van der Waals surface area (Å²) < 4.78 is 11.5. The Labute approximate surface area is 248 Å². The van der Waals surface area contributed by atoms with Gasteiger partial charge in [0.15, 0.2) is 0 Å². The van der Waals surface area contributed by atoms with Crippen LogP contribution in [0, 0.1) is 0 Å². The second-order valence-electron chi connectivity index (χ2n) is 12.5. The molecule has 0 aromatic rings. The zero-order chi connectivity index (χ0) is 28.2. The highest BCUT2D eigenvalue weighted by atomic mass is 16.5. The summed E-state index contributed by atoms with van der Waals surface area (Å²) in [6, 6.07) is 0. The van der Waals surface area contributed by atoms with Crippen molar-refractivity contribution in [3.05, 3.63) is 0 Å². The average Bonchev–Trinajstić information content (AvgIpc) is 2.95. The van der Waals surface area contributed by atoms with Crippen molar-refractivity contribution in [2.24, 2.45) is 0 Å². The van der Waals surface area contributed by atoms with E-state index in [1.165, 1.54) is 199 Å². The Balaban J connectivity index is 3.01. The Hall–Kier alpha value is -0.0800. The molecule has 0 heterocycles. The molecule has 0 radical (unpaired) electrons. The zero-order valence-corrected chi connectivity index (χ0v) is 27.6. The monoisotopic (exact) mass is 553 g/mol. The summed E-state index contributed by atoms with van der Waals surface area (Å²) in [6.07, 6.45) is 44.0. The van der Waals surface area contributed by atoms with Crippen LogP contribution in [0.3, 0.4) is 0 Å². The van der Waals surface area contributed by atoms with E-state index in [1.54, 1.807) is 0 Å². The van der Waals surface area contributed by atoms with Crippen LogP contribution < -0.4 is 0 Å². The average molecular weight is 553 g/mol. The Morgan fingerprint density at radius 3 is 0.590 bits per heavy atom. The molecule has 0 N–H and O–H groups in total. The Morgan fingerprint density at radius 2 is 0.385 bits per heavy atom. The number of ether oxygens (including phenoxy) is 2. The molecule has 0 bridgehead atoms. The van der Waals surface area contributed by atoms with E-state index in [1.807, 2.05) is 0 Å². The molecule has 0 amide bonds. The van der Waals surface area contributed by atoms with E-state index < -0.39 is 0 Å². The van der Waals surface area contributed by atoms with Crippen molar-refractivity contribution in [1.82, 2.24) is 0 Å². The van der Waals surface area contributed by atoms with Crippen molar-refractivity contribution in [2.75, 3.05) is 26.4 Å². The van der Waals surface area contributed by atoms with Crippen LogP contribution in [0.2, 0.25) is 0 Å². The summed E-state index contributed by atoms with van der Waals surface area (Å²) in [5, 5.41) is 0. The largest absolute Gasteiger partial charge is 0.379 e. The third-order valence-electron chi connectivity index (χ3n) is 8.41. The lowest BCUT2D eigenvalue weighted by atomic mass is 10.0. The lowest BCUT2D eigenvalue weighted by Gasteiger charge is -2.06. The summed E-state index contributed by atoms with van der Waals surface area (Å²) in [5.74, 6) is 0. The Morgan fingerprint density at radius 1 is 0.205 bits per heavy atom. The van der Waals surface area contributed by atoms with Crippen molar-refractivity contribution in [3.63, 3.8) is 0 Å². The van der Waals surface area contributed by atoms with Gasteiger partial charge in [-0.1, -0.05) is 200 Å². The summed E-state index contributed by atoms with van der Waals surface area (Å²) >= 11 is 0. The summed E-state index contributed by atoms with van der Waals surface area (Å²) in [5.41, 5.74) is 0. The van der Waals surface area contributed by atoms with Crippen LogP contribution in [0.1, 0.15) is 213 Å². The zero-order valence-electron chi connectivity index (χ0n) is 27.6. The second-order valence-corrected chi connectivity index (χ2v) is 12.5. The Kier molecular flexibility index (Phi) is 37.8. The molecule has 0 aromatic heterocycles. The molecule has 39 heavy (non-hydrogen) atoms. The molecule has 2 heteroatoms. The van der Waals surface area contributed by atoms with Gasteiger partial charge in [-0.25, -0.2) is 0 Å². The molecule has 0 aliphatic rings. The molecule has 0 saturated heterocycles. The van der Waals surface area contributed by atoms with Gasteiger partial charge in [0.05, 0.1) is 13.2 Å². The summed E-state index contributed by atoms with van der Waals surface area (Å²) in [7, 11) is 0. The van der Waals surface area contributed by atoms with Gasteiger partial charge >= 0.3 is 0 Å². The van der Waals surface area contributed by atoms with Gasteiger partial charge in [-0.15, -0.1) is 0 Å². The molecule has 0 fully saturated rings. The standard InChI is InChI=1S/C37H76O2/c1-3-5-7-9-11-13-15-16-17-18-19-20-21-22-23-24-25-27-29-31-33-35-39-37-36-38-34-32-30-28-26-14-12-10-8-6-4-2/h3-37H2,1-2H3. The lowest BCUT2D eigenvalue weighted by Crippen LogP contribution is -2.06. The molecular weight excluding hydrogens is 476 g/mol. The van der Waals surface area contributed by atoms with Gasteiger partial charge in [0, 0.05) is 13.2 Å². The van der Waals surface area contributed by atoms with Crippen molar-refractivity contribution in [1.29, 1.82) is 0 Å². The molecular formula is C37H76O2. The van der Waals surface area contributed by atoms with Gasteiger partial charge in [0.2, 0.25) is 0 Å². The molecule has 0 aromatic carbocycles. The van der Waals surface area contributed by atoms with E-state index in [0.29, 0.717) is 0 Å². The van der Waals surface area contributed by atoms with Gasteiger partial charge in [0.25, 0.3) is 0 Å². The molecule has 0 aliphatic carbocycles. The topological polar surface area (TPSA) is 18.5 Å². The van der Waals surface area contributed by atoms with Crippen LogP contribution in [0.4, 0.5) is 0 Å². The number of hydrogen-bond acceptors (Lipinski definition) is 2. The fraction of sp³-hybridized carbons (Fsp3) is 1.00. The fourth-order valence-electron chi connectivity index (χ4n) is 5.65. The maximum absolute atomic E-state index is 5.75. The van der Waals surface area contributed by atoms with Crippen LogP contribution in [0.5, 0.6) is 0 Å². The molecule has 2 nitrogen and oxygen atoms in total. The van der Waals surface area contributed by atoms with Gasteiger partial charge < -0.3 is 9.47 Å². The van der Waals surface area contributed by atoms with E-state index in [9.17, 15) is 0 Å². The molecule has 236 valence electrons. The maximum atomic E-state index is 5.75. The normalized spacial score (nSPS) is 11.5. The van der Waals surface area contributed by atoms with Crippen LogP contribution >= 0.6 is 0 Å². The van der Waals surface area contributed by atoms with E-state index >= 15 is 0 Å². The van der Waals surface area contributed by atoms with E-state index in [-0.39, 0.29) is 0 Å². The summed E-state index contributed by atoms with van der Waals surface area (Å²) in [6.45, 7) is 7.98. The predicted octanol–water partition coefficient (Wildman–Crippen LogP) is 13.2. The first kappa shape index (κ1) is 38.9. The first-order valence-electron chi connectivity index (χ1n) is 18.6. The van der Waals surface area contributed by atoms with Gasteiger partial charge in [0.1, 0.15) is 0 Å². The second kappa shape index (κ2) is 37.9. The van der Waals surface area contributed by atoms with E-state index in [0.717, 1.165) is 26.4 Å². The van der Waals surface area contributed by atoms with Crippen molar-refractivity contribution in [3.8, 4) is 0 Å². The van der Waals surface area contributed by atoms with Crippen molar-refractivity contribution in [2.45, 2.75) is 213 Å². The summed E-state index contributed by atoms with van der Waals surface area (Å²) in [4.78, 5) is 0. The molecule has 0 unspecified atom stereocenters. The molecule has 0 atom stereocenters. The minimum Gasteiger partial charge on any atom is -0.379 e. The van der Waals surface area contributed by atoms with Crippen LogP contribution in [-0.4, -0.2) is 26.4 Å². The molecule has 0 saturated carbocycles. The van der Waals surface area contributed by atoms with Gasteiger partial charge in [-0.2, -0.15) is 0 Å². The minimum absolute atomic E-state index is 0.774. The number of hydrogen-bond donors (Lipinski definition) is 0. The number of rotatable bonds is 36. The van der Waals surface area contributed by atoms with Gasteiger partial charge in [-0.3, -0.25) is 0 Å². The van der Waals surface area contributed by atoms with E-state index in [4.69, 9.17) is 9.47 Å². The highest BCUT2D eigenvalue weighted by Gasteiger charge is 1.97. The molecule has 0 rings (SSSR count). The molecule has 0 spiro atoms.